The number of hydrogen-bond donors (Lipinski definition) is 1. The lowest BCUT2D eigenvalue weighted by Gasteiger charge is -2.11. The molecule has 0 aromatic heterocycles. The highest BCUT2D eigenvalue weighted by atomic mass is 79.9. The van der Waals surface area contributed by atoms with E-state index in [1.807, 2.05) is 25.2 Å². The van der Waals surface area contributed by atoms with Gasteiger partial charge in [0.05, 0.1) is 6.61 Å². The lowest BCUT2D eigenvalue weighted by atomic mass is 10.2. The molecule has 0 atom stereocenters. The van der Waals surface area contributed by atoms with Gasteiger partial charge >= 0.3 is 5.97 Å². The summed E-state index contributed by atoms with van der Waals surface area (Å²) in [5, 5.41) is 3.05. The van der Waals surface area contributed by atoms with Crippen LogP contribution in [0.15, 0.2) is 22.7 Å². The second-order valence-corrected chi connectivity index (χ2v) is 4.29. The highest BCUT2D eigenvalue weighted by Gasteiger charge is 2.07. The van der Waals surface area contributed by atoms with E-state index in [1.54, 1.807) is 6.92 Å². The third kappa shape index (κ3) is 4.75. The lowest BCUT2D eigenvalue weighted by molar-refractivity contribution is -0.145. The van der Waals surface area contributed by atoms with Crippen LogP contribution in [0.3, 0.4) is 0 Å². The fourth-order valence-electron chi connectivity index (χ4n) is 1.36. The van der Waals surface area contributed by atoms with E-state index in [1.165, 1.54) is 0 Å². The molecule has 0 amide bonds. The van der Waals surface area contributed by atoms with Crippen molar-refractivity contribution in [2.45, 2.75) is 13.5 Å². The van der Waals surface area contributed by atoms with Crippen LogP contribution in [-0.2, 0) is 16.1 Å². The summed E-state index contributed by atoms with van der Waals surface area (Å²) < 4.78 is 11.2. The Bertz CT molecular complexity index is 382. The Morgan fingerprint density at radius 2 is 2.24 bits per heavy atom. The van der Waals surface area contributed by atoms with Gasteiger partial charge in [0, 0.05) is 16.6 Å². The van der Waals surface area contributed by atoms with Crippen molar-refractivity contribution in [3.05, 3.63) is 28.2 Å². The monoisotopic (exact) mass is 301 g/mol. The second kappa shape index (κ2) is 7.29. The molecule has 0 aliphatic heterocycles. The molecule has 94 valence electrons. The molecule has 0 saturated heterocycles. The minimum atomic E-state index is -0.356. The Morgan fingerprint density at radius 3 is 2.88 bits per heavy atom. The molecule has 0 saturated carbocycles. The van der Waals surface area contributed by atoms with Crippen LogP contribution in [0.4, 0.5) is 0 Å². The smallest absolute Gasteiger partial charge is 0.344 e. The molecule has 0 unspecified atom stereocenters. The normalized spacial score (nSPS) is 10.1. The summed E-state index contributed by atoms with van der Waals surface area (Å²) in [5.74, 6) is 0.335. The van der Waals surface area contributed by atoms with Gasteiger partial charge < -0.3 is 14.8 Å². The maximum Gasteiger partial charge on any atom is 0.344 e. The van der Waals surface area contributed by atoms with Crippen molar-refractivity contribution in [3.63, 3.8) is 0 Å². The van der Waals surface area contributed by atoms with E-state index < -0.39 is 0 Å². The quantitative estimate of drug-likeness (QED) is 0.818. The Hall–Kier alpha value is -1.07. The van der Waals surface area contributed by atoms with E-state index >= 15 is 0 Å². The van der Waals surface area contributed by atoms with Crippen LogP contribution in [0.5, 0.6) is 5.75 Å². The van der Waals surface area contributed by atoms with Gasteiger partial charge in [-0.2, -0.15) is 0 Å². The molecule has 0 radical (unpaired) electrons. The van der Waals surface area contributed by atoms with Crippen LogP contribution in [0.1, 0.15) is 12.5 Å². The number of benzene rings is 1. The molecule has 0 aliphatic carbocycles. The van der Waals surface area contributed by atoms with E-state index in [0.717, 1.165) is 10.0 Å². The molecule has 0 bridgehead atoms. The summed E-state index contributed by atoms with van der Waals surface area (Å²) >= 11 is 3.40. The number of rotatable bonds is 6. The number of esters is 1. The van der Waals surface area contributed by atoms with Gasteiger partial charge in [-0.1, -0.05) is 15.9 Å². The molecule has 5 heteroatoms. The van der Waals surface area contributed by atoms with Crippen molar-refractivity contribution in [2.24, 2.45) is 0 Å². The summed E-state index contributed by atoms with van der Waals surface area (Å²) in [6, 6.07) is 5.66. The van der Waals surface area contributed by atoms with Crippen LogP contribution < -0.4 is 10.1 Å². The highest BCUT2D eigenvalue weighted by Crippen LogP contribution is 2.23. The Labute approximate surface area is 109 Å². The van der Waals surface area contributed by atoms with Crippen LogP contribution >= 0.6 is 15.9 Å². The fourth-order valence-corrected chi connectivity index (χ4v) is 1.77. The number of carbonyl (C=O) groups excluding carboxylic acids is 1. The van der Waals surface area contributed by atoms with Crippen LogP contribution in [0.25, 0.3) is 0 Å². The first-order valence-electron chi connectivity index (χ1n) is 5.38. The molecule has 0 fully saturated rings. The molecule has 0 spiro atoms. The van der Waals surface area contributed by atoms with Crippen molar-refractivity contribution in [3.8, 4) is 5.75 Å². The lowest BCUT2D eigenvalue weighted by Crippen LogP contribution is -2.16. The first kappa shape index (κ1) is 14.0. The molecule has 1 aromatic carbocycles. The van der Waals surface area contributed by atoms with E-state index in [9.17, 15) is 4.79 Å². The van der Waals surface area contributed by atoms with Crippen molar-refractivity contribution >= 4 is 21.9 Å². The molecular formula is C12H16BrNO3. The summed E-state index contributed by atoms with van der Waals surface area (Å²) in [6.45, 7) is 2.75. The number of hydrogen-bond acceptors (Lipinski definition) is 4. The minimum Gasteiger partial charge on any atom is -0.482 e. The van der Waals surface area contributed by atoms with Gasteiger partial charge in [-0.15, -0.1) is 0 Å². The summed E-state index contributed by atoms with van der Waals surface area (Å²) in [4.78, 5) is 11.2. The first-order chi connectivity index (χ1) is 8.17. The first-order valence-corrected chi connectivity index (χ1v) is 6.18. The predicted molar refractivity (Wildman–Crippen MR) is 69.0 cm³/mol. The topological polar surface area (TPSA) is 47.6 Å². The van der Waals surface area contributed by atoms with E-state index in [2.05, 4.69) is 21.2 Å². The summed E-state index contributed by atoms with van der Waals surface area (Å²) in [5.41, 5.74) is 0.992. The Morgan fingerprint density at radius 1 is 1.47 bits per heavy atom. The van der Waals surface area contributed by atoms with Gasteiger partial charge in [0.25, 0.3) is 0 Å². The highest BCUT2D eigenvalue weighted by molar-refractivity contribution is 9.10. The number of carbonyl (C=O) groups is 1. The summed E-state index contributed by atoms with van der Waals surface area (Å²) in [7, 11) is 1.86. The van der Waals surface area contributed by atoms with Crippen molar-refractivity contribution < 1.29 is 14.3 Å². The Kier molecular flexibility index (Phi) is 6.00. The van der Waals surface area contributed by atoms with Gasteiger partial charge in [-0.05, 0) is 32.2 Å². The molecule has 1 aromatic rings. The van der Waals surface area contributed by atoms with Gasteiger partial charge in [-0.25, -0.2) is 4.79 Å². The third-order valence-corrected chi connectivity index (χ3v) is 2.53. The number of halogens is 1. The molecule has 4 nitrogen and oxygen atoms in total. The van der Waals surface area contributed by atoms with Crippen molar-refractivity contribution in [1.82, 2.24) is 5.32 Å². The zero-order valence-corrected chi connectivity index (χ0v) is 11.5. The number of ether oxygens (including phenoxy) is 2. The van der Waals surface area contributed by atoms with Crippen LogP contribution in [0.2, 0.25) is 0 Å². The molecular weight excluding hydrogens is 286 g/mol. The van der Waals surface area contributed by atoms with E-state index in [-0.39, 0.29) is 12.6 Å². The number of nitrogens with one attached hydrogen (secondary N) is 1. The molecule has 1 rings (SSSR count). The maximum absolute atomic E-state index is 11.2. The van der Waals surface area contributed by atoms with Crippen LogP contribution in [-0.4, -0.2) is 26.2 Å². The average Bonchev–Trinajstić information content (AvgIpc) is 2.29. The standard InChI is InChI=1S/C12H16BrNO3/c1-3-16-12(15)8-17-11-5-4-10(13)6-9(11)7-14-2/h4-6,14H,3,7-8H2,1-2H3. The van der Waals surface area contributed by atoms with Gasteiger partial charge in [0.15, 0.2) is 6.61 Å². The van der Waals surface area contributed by atoms with E-state index in [0.29, 0.717) is 18.9 Å². The average molecular weight is 302 g/mol. The molecule has 17 heavy (non-hydrogen) atoms. The largest absolute Gasteiger partial charge is 0.482 e. The SMILES string of the molecule is CCOC(=O)COc1ccc(Br)cc1CNC. The predicted octanol–water partition coefficient (Wildman–Crippen LogP) is 2.11. The van der Waals surface area contributed by atoms with Gasteiger partial charge in [0.2, 0.25) is 0 Å². The van der Waals surface area contributed by atoms with Gasteiger partial charge in [0.1, 0.15) is 5.75 Å². The molecule has 0 heterocycles. The third-order valence-electron chi connectivity index (χ3n) is 2.04. The Balaban J connectivity index is 2.66. The van der Waals surface area contributed by atoms with Gasteiger partial charge in [-0.3, -0.25) is 0 Å². The maximum atomic E-state index is 11.2. The fraction of sp³-hybridized carbons (Fsp3) is 0.417. The summed E-state index contributed by atoms with van der Waals surface area (Å²) in [6.07, 6.45) is 0. The van der Waals surface area contributed by atoms with E-state index in [4.69, 9.17) is 9.47 Å². The zero-order valence-electron chi connectivity index (χ0n) is 9.96. The molecule has 0 aliphatic rings. The zero-order chi connectivity index (χ0) is 12.7. The molecule has 1 N–H and O–H groups in total. The van der Waals surface area contributed by atoms with Crippen LogP contribution in [0, 0.1) is 0 Å². The minimum absolute atomic E-state index is 0.0633. The van der Waals surface area contributed by atoms with Crippen molar-refractivity contribution in [1.29, 1.82) is 0 Å². The second-order valence-electron chi connectivity index (χ2n) is 3.38. The van der Waals surface area contributed by atoms with Crippen molar-refractivity contribution in [2.75, 3.05) is 20.3 Å².